The van der Waals surface area contributed by atoms with Gasteiger partial charge in [-0.25, -0.2) is 9.07 Å². The minimum Gasteiger partial charge on any atom is -0.492 e. The SMILES string of the molecule is O=C(c1ccn(-c2ccccc2F)n1)N1CCN(CCOc2ccccc2)CC1. The van der Waals surface area contributed by atoms with Crippen molar-refractivity contribution in [3.05, 3.63) is 78.4 Å². The van der Waals surface area contributed by atoms with Crippen LogP contribution in [0.2, 0.25) is 0 Å². The third-order valence-electron chi connectivity index (χ3n) is 4.99. The molecule has 0 aliphatic carbocycles. The van der Waals surface area contributed by atoms with Gasteiger partial charge in [-0.05, 0) is 30.3 Å². The molecule has 0 unspecified atom stereocenters. The van der Waals surface area contributed by atoms with Crippen LogP contribution in [0, 0.1) is 5.82 Å². The smallest absolute Gasteiger partial charge is 0.274 e. The Labute approximate surface area is 169 Å². The first-order valence-electron chi connectivity index (χ1n) is 9.71. The molecule has 0 atom stereocenters. The first kappa shape index (κ1) is 19.1. The van der Waals surface area contributed by atoms with Gasteiger partial charge in [0.25, 0.3) is 5.91 Å². The summed E-state index contributed by atoms with van der Waals surface area (Å²) in [6.45, 7) is 4.28. The maximum atomic E-state index is 13.9. The van der Waals surface area contributed by atoms with Gasteiger partial charge < -0.3 is 9.64 Å². The molecule has 150 valence electrons. The molecule has 2 aromatic carbocycles. The molecule has 6 nitrogen and oxygen atoms in total. The first-order chi connectivity index (χ1) is 14.2. The van der Waals surface area contributed by atoms with Crippen LogP contribution in [0.4, 0.5) is 4.39 Å². The Bertz CT molecular complexity index is 952. The number of benzene rings is 2. The zero-order valence-electron chi connectivity index (χ0n) is 16.1. The van der Waals surface area contributed by atoms with Gasteiger partial charge in [0.05, 0.1) is 0 Å². The molecule has 1 aliphatic heterocycles. The lowest BCUT2D eigenvalue weighted by molar-refractivity contribution is 0.0614. The third kappa shape index (κ3) is 4.63. The Balaban J connectivity index is 1.28. The molecule has 3 aromatic rings. The second kappa shape index (κ2) is 8.87. The summed E-state index contributed by atoms with van der Waals surface area (Å²) in [7, 11) is 0. The van der Waals surface area contributed by atoms with Gasteiger partial charge in [0.15, 0.2) is 5.69 Å². The Morgan fingerprint density at radius 2 is 1.69 bits per heavy atom. The minimum atomic E-state index is -0.374. The highest BCUT2D eigenvalue weighted by Crippen LogP contribution is 2.14. The van der Waals surface area contributed by atoms with E-state index in [1.807, 2.05) is 30.3 Å². The quantitative estimate of drug-likeness (QED) is 0.645. The van der Waals surface area contributed by atoms with Crippen molar-refractivity contribution >= 4 is 5.91 Å². The molecule has 4 rings (SSSR count). The topological polar surface area (TPSA) is 50.6 Å². The molecule has 2 heterocycles. The van der Waals surface area contributed by atoms with Crippen molar-refractivity contribution in [2.24, 2.45) is 0 Å². The van der Waals surface area contributed by atoms with Crippen LogP contribution in [-0.2, 0) is 0 Å². The van der Waals surface area contributed by atoms with Crippen LogP contribution in [0.3, 0.4) is 0 Å². The van der Waals surface area contributed by atoms with Crippen molar-refractivity contribution in [3.8, 4) is 11.4 Å². The molecule has 29 heavy (non-hydrogen) atoms. The summed E-state index contributed by atoms with van der Waals surface area (Å²) in [5.41, 5.74) is 0.656. The Morgan fingerprint density at radius 3 is 2.45 bits per heavy atom. The maximum Gasteiger partial charge on any atom is 0.274 e. The van der Waals surface area contributed by atoms with E-state index in [1.165, 1.54) is 10.7 Å². The fraction of sp³-hybridized carbons (Fsp3) is 0.273. The predicted molar refractivity (Wildman–Crippen MR) is 108 cm³/mol. The zero-order valence-corrected chi connectivity index (χ0v) is 16.1. The van der Waals surface area contributed by atoms with Gasteiger partial charge in [-0.1, -0.05) is 30.3 Å². The number of ether oxygens (including phenoxy) is 1. The van der Waals surface area contributed by atoms with Gasteiger partial charge in [0.2, 0.25) is 0 Å². The number of halogens is 1. The van der Waals surface area contributed by atoms with Crippen molar-refractivity contribution in [1.82, 2.24) is 19.6 Å². The van der Waals surface area contributed by atoms with Crippen molar-refractivity contribution in [2.75, 3.05) is 39.3 Å². The van der Waals surface area contributed by atoms with E-state index >= 15 is 0 Å². The second-order valence-corrected chi connectivity index (χ2v) is 6.89. The number of hydrogen-bond acceptors (Lipinski definition) is 4. The normalized spacial score (nSPS) is 14.7. The van der Waals surface area contributed by atoms with E-state index in [-0.39, 0.29) is 11.7 Å². The lowest BCUT2D eigenvalue weighted by Crippen LogP contribution is -2.49. The van der Waals surface area contributed by atoms with E-state index in [9.17, 15) is 9.18 Å². The number of amides is 1. The minimum absolute atomic E-state index is 0.125. The summed E-state index contributed by atoms with van der Waals surface area (Å²) in [4.78, 5) is 16.8. The number of hydrogen-bond donors (Lipinski definition) is 0. The third-order valence-corrected chi connectivity index (χ3v) is 4.99. The molecule has 0 saturated carbocycles. The molecule has 1 amide bonds. The first-order valence-corrected chi connectivity index (χ1v) is 9.71. The molecular weight excluding hydrogens is 371 g/mol. The molecule has 0 bridgehead atoms. The van der Waals surface area contributed by atoms with Gasteiger partial charge in [-0.2, -0.15) is 5.10 Å². The van der Waals surface area contributed by atoms with Crippen molar-refractivity contribution in [3.63, 3.8) is 0 Å². The highest BCUT2D eigenvalue weighted by atomic mass is 19.1. The average Bonchev–Trinajstić information content (AvgIpc) is 3.25. The molecule has 1 aromatic heterocycles. The van der Waals surface area contributed by atoms with Crippen LogP contribution in [0.15, 0.2) is 66.9 Å². The van der Waals surface area contributed by atoms with Gasteiger partial charge in [-0.3, -0.25) is 9.69 Å². The van der Waals surface area contributed by atoms with Gasteiger partial charge >= 0.3 is 0 Å². The Hall–Kier alpha value is -3.19. The zero-order chi connectivity index (χ0) is 20.1. The van der Waals surface area contributed by atoms with Crippen LogP contribution >= 0.6 is 0 Å². The molecule has 1 aliphatic rings. The number of para-hydroxylation sites is 2. The van der Waals surface area contributed by atoms with E-state index in [1.54, 1.807) is 35.4 Å². The standard InChI is InChI=1S/C22H23FN4O2/c23-19-8-4-5-9-21(19)27-11-10-20(24-27)22(28)26-14-12-25(13-15-26)16-17-29-18-6-2-1-3-7-18/h1-11H,12-17H2. The van der Waals surface area contributed by atoms with Crippen LogP contribution in [0.1, 0.15) is 10.5 Å². The number of piperazine rings is 1. The largest absolute Gasteiger partial charge is 0.492 e. The van der Waals surface area contributed by atoms with Crippen molar-refractivity contribution in [1.29, 1.82) is 0 Å². The van der Waals surface area contributed by atoms with E-state index < -0.39 is 0 Å². The maximum absolute atomic E-state index is 13.9. The lowest BCUT2D eigenvalue weighted by Gasteiger charge is -2.34. The van der Waals surface area contributed by atoms with Crippen LogP contribution in [-0.4, -0.2) is 64.8 Å². The molecule has 0 radical (unpaired) electrons. The highest BCUT2D eigenvalue weighted by molar-refractivity contribution is 5.92. The molecule has 0 spiro atoms. The number of nitrogens with zero attached hydrogens (tertiary/aromatic N) is 4. The number of rotatable bonds is 6. The number of carbonyl (C=O) groups excluding carboxylic acids is 1. The lowest BCUT2D eigenvalue weighted by atomic mass is 10.3. The average molecular weight is 394 g/mol. The van der Waals surface area contributed by atoms with E-state index in [0.717, 1.165) is 25.4 Å². The van der Waals surface area contributed by atoms with E-state index in [4.69, 9.17) is 4.74 Å². The summed E-state index contributed by atoms with van der Waals surface area (Å²) in [5, 5.41) is 4.27. The predicted octanol–water partition coefficient (Wildman–Crippen LogP) is 2.85. The molecule has 1 saturated heterocycles. The van der Waals surface area contributed by atoms with Gasteiger partial charge in [-0.15, -0.1) is 0 Å². The van der Waals surface area contributed by atoms with Gasteiger partial charge in [0, 0.05) is 38.9 Å². The van der Waals surface area contributed by atoms with Crippen LogP contribution in [0.25, 0.3) is 5.69 Å². The fourth-order valence-electron chi connectivity index (χ4n) is 3.36. The highest BCUT2D eigenvalue weighted by Gasteiger charge is 2.23. The molecule has 0 N–H and O–H groups in total. The summed E-state index contributed by atoms with van der Waals surface area (Å²) in [5.74, 6) is 0.368. The summed E-state index contributed by atoms with van der Waals surface area (Å²) < 4.78 is 21.1. The Morgan fingerprint density at radius 1 is 0.966 bits per heavy atom. The summed E-state index contributed by atoms with van der Waals surface area (Å²) in [6, 6.07) is 17.7. The van der Waals surface area contributed by atoms with Gasteiger partial charge in [0.1, 0.15) is 23.9 Å². The second-order valence-electron chi connectivity index (χ2n) is 6.89. The van der Waals surface area contributed by atoms with Crippen LogP contribution in [0.5, 0.6) is 5.75 Å². The number of carbonyl (C=O) groups is 1. The fourth-order valence-corrected chi connectivity index (χ4v) is 3.36. The Kier molecular flexibility index (Phi) is 5.86. The summed E-state index contributed by atoms with van der Waals surface area (Å²) >= 11 is 0. The monoisotopic (exact) mass is 394 g/mol. The summed E-state index contributed by atoms with van der Waals surface area (Å²) in [6.07, 6.45) is 1.61. The van der Waals surface area contributed by atoms with E-state index in [2.05, 4.69) is 10.00 Å². The molecular formula is C22H23FN4O2. The molecule has 7 heteroatoms. The molecule has 1 fully saturated rings. The van der Waals surface area contributed by atoms with Crippen molar-refractivity contribution in [2.45, 2.75) is 0 Å². The van der Waals surface area contributed by atoms with Crippen molar-refractivity contribution < 1.29 is 13.9 Å². The van der Waals surface area contributed by atoms with E-state index in [0.29, 0.717) is 31.1 Å². The number of aromatic nitrogens is 2. The van der Waals surface area contributed by atoms with Crippen LogP contribution < -0.4 is 4.74 Å².